The average molecular weight is 382 g/mol. The van der Waals surface area contributed by atoms with Crippen molar-refractivity contribution in [3.05, 3.63) is 71.5 Å². The van der Waals surface area contributed by atoms with Gasteiger partial charge in [-0.15, -0.1) is 0 Å². The van der Waals surface area contributed by atoms with Crippen molar-refractivity contribution >= 4 is 11.8 Å². The van der Waals surface area contributed by atoms with Gasteiger partial charge in [0.05, 0.1) is 6.42 Å². The van der Waals surface area contributed by atoms with Crippen LogP contribution in [0.5, 0.6) is 0 Å². The molecule has 1 aliphatic heterocycles. The maximum atomic E-state index is 13.0. The van der Waals surface area contributed by atoms with E-state index in [2.05, 4.69) is 0 Å². The SMILES string of the molecule is CCN(Cc1ccccc1)C(=O)C1CCN(C(=O)Cc2ccc(F)cc2)CC1. The van der Waals surface area contributed by atoms with Gasteiger partial charge in [-0.3, -0.25) is 9.59 Å². The molecule has 0 saturated carbocycles. The molecule has 0 aliphatic carbocycles. The lowest BCUT2D eigenvalue weighted by atomic mass is 9.94. The topological polar surface area (TPSA) is 40.6 Å². The van der Waals surface area contributed by atoms with E-state index in [0.29, 0.717) is 39.0 Å². The fourth-order valence-corrected chi connectivity index (χ4v) is 3.67. The summed E-state index contributed by atoms with van der Waals surface area (Å²) in [5.74, 6) is -0.115. The Kier molecular flexibility index (Phi) is 6.80. The second kappa shape index (κ2) is 9.49. The Morgan fingerprint density at radius 2 is 1.64 bits per heavy atom. The van der Waals surface area contributed by atoms with E-state index < -0.39 is 0 Å². The van der Waals surface area contributed by atoms with Crippen LogP contribution in [0.25, 0.3) is 0 Å². The van der Waals surface area contributed by atoms with E-state index >= 15 is 0 Å². The number of hydrogen-bond acceptors (Lipinski definition) is 2. The Labute approximate surface area is 166 Å². The summed E-state index contributed by atoms with van der Waals surface area (Å²) >= 11 is 0. The third-order valence-electron chi connectivity index (χ3n) is 5.38. The van der Waals surface area contributed by atoms with E-state index in [0.717, 1.165) is 11.1 Å². The highest BCUT2D eigenvalue weighted by molar-refractivity contribution is 5.81. The van der Waals surface area contributed by atoms with Gasteiger partial charge in [-0.2, -0.15) is 0 Å². The van der Waals surface area contributed by atoms with Crippen LogP contribution in [-0.2, 0) is 22.6 Å². The molecule has 1 saturated heterocycles. The standard InChI is InChI=1S/C23H27FN2O2/c1-2-25(17-19-6-4-3-5-7-19)23(28)20-12-14-26(15-13-20)22(27)16-18-8-10-21(24)11-9-18/h3-11,20H,2,12-17H2,1H3. The van der Waals surface area contributed by atoms with Crippen LogP contribution in [0.4, 0.5) is 4.39 Å². The molecule has 3 rings (SSSR count). The number of carbonyl (C=O) groups excluding carboxylic acids is 2. The van der Waals surface area contributed by atoms with Crippen molar-refractivity contribution in [1.82, 2.24) is 9.80 Å². The first kappa shape index (κ1) is 20.1. The predicted octanol–water partition coefficient (Wildman–Crippen LogP) is 3.66. The lowest BCUT2D eigenvalue weighted by Crippen LogP contribution is -2.44. The fourth-order valence-electron chi connectivity index (χ4n) is 3.67. The first-order valence-corrected chi connectivity index (χ1v) is 9.91. The lowest BCUT2D eigenvalue weighted by molar-refractivity contribution is -0.140. The number of likely N-dealkylation sites (tertiary alicyclic amines) is 1. The molecule has 0 N–H and O–H groups in total. The van der Waals surface area contributed by atoms with Gasteiger partial charge < -0.3 is 9.80 Å². The number of hydrogen-bond donors (Lipinski definition) is 0. The minimum absolute atomic E-state index is 0.0291. The molecule has 1 aliphatic rings. The molecule has 148 valence electrons. The quantitative estimate of drug-likeness (QED) is 0.765. The van der Waals surface area contributed by atoms with Gasteiger partial charge in [0.25, 0.3) is 0 Å². The molecule has 1 heterocycles. The second-order valence-corrected chi connectivity index (χ2v) is 7.30. The summed E-state index contributed by atoms with van der Waals surface area (Å²) in [4.78, 5) is 29.1. The Balaban J connectivity index is 1.51. The summed E-state index contributed by atoms with van der Waals surface area (Å²) in [6, 6.07) is 16.1. The summed E-state index contributed by atoms with van der Waals surface area (Å²) in [5, 5.41) is 0. The second-order valence-electron chi connectivity index (χ2n) is 7.30. The molecule has 28 heavy (non-hydrogen) atoms. The number of piperidine rings is 1. The summed E-state index contributed by atoms with van der Waals surface area (Å²) in [5.41, 5.74) is 1.94. The van der Waals surface area contributed by atoms with Crippen molar-refractivity contribution < 1.29 is 14.0 Å². The summed E-state index contributed by atoms with van der Waals surface area (Å²) in [6.07, 6.45) is 1.66. The highest BCUT2D eigenvalue weighted by atomic mass is 19.1. The van der Waals surface area contributed by atoms with Crippen LogP contribution >= 0.6 is 0 Å². The number of rotatable bonds is 6. The summed E-state index contributed by atoms with van der Waals surface area (Å²) < 4.78 is 13.0. The summed E-state index contributed by atoms with van der Waals surface area (Å²) in [6.45, 7) is 4.50. The van der Waals surface area contributed by atoms with Crippen molar-refractivity contribution in [3.8, 4) is 0 Å². The van der Waals surface area contributed by atoms with Crippen molar-refractivity contribution in [2.45, 2.75) is 32.7 Å². The van der Waals surface area contributed by atoms with Gasteiger partial charge in [0, 0.05) is 32.1 Å². The first-order valence-electron chi connectivity index (χ1n) is 9.91. The van der Waals surface area contributed by atoms with E-state index in [9.17, 15) is 14.0 Å². The fraction of sp³-hybridized carbons (Fsp3) is 0.391. The Hall–Kier alpha value is -2.69. The van der Waals surface area contributed by atoms with Crippen LogP contribution in [-0.4, -0.2) is 41.2 Å². The first-order chi connectivity index (χ1) is 13.6. The molecule has 5 heteroatoms. The van der Waals surface area contributed by atoms with Crippen molar-refractivity contribution in [2.75, 3.05) is 19.6 Å². The number of halogens is 1. The van der Waals surface area contributed by atoms with Gasteiger partial charge in [-0.1, -0.05) is 42.5 Å². The Morgan fingerprint density at radius 1 is 1.00 bits per heavy atom. The van der Waals surface area contributed by atoms with Crippen LogP contribution in [0, 0.1) is 11.7 Å². The monoisotopic (exact) mass is 382 g/mol. The number of amides is 2. The maximum Gasteiger partial charge on any atom is 0.226 e. The Morgan fingerprint density at radius 3 is 2.25 bits per heavy atom. The minimum Gasteiger partial charge on any atom is -0.342 e. The zero-order valence-corrected chi connectivity index (χ0v) is 16.3. The largest absolute Gasteiger partial charge is 0.342 e. The van der Waals surface area contributed by atoms with Crippen LogP contribution in [0.1, 0.15) is 30.9 Å². The number of benzene rings is 2. The molecule has 0 aromatic heterocycles. The van der Waals surface area contributed by atoms with Crippen LogP contribution in [0.3, 0.4) is 0 Å². The number of nitrogens with zero attached hydrogens (tertiary/aromatic N) is 2. The normalized spacial score (nSPS) is 14.7. The molecule has 0 radical (unpaired) electrons. The van der Waals surface area contributed by atoms with Crippen LogP contribution in [0.2, 0.25) is 0 Å². The molecule has 2 aromatic carbocycles. The average Bonchev–Trinajstić information content (AvgIpc) is 2.74. The zero-order chi connectivity index (χ0) is 19.9. The van der Waals surface area contributed by atoms with Crippen LogP contribution in [0.15, 0.2) is 54.6 Å². The lowest BCUT2D eigenvalue weighted by Gasteiger charge is -2.34. The molecule has 0 unspecified atom stereocenters. The van der Waals surface area contributed by atoms with Gasteiger partial charge in [0.1, 0.15) is 5.82 Å². The molecule has 2 amide bonds. The van der Waals surface area contributed by atoms with Gasteiger partial charge >= 0.3 is 0 Å². The molecular formula is C23H27FN2O2. The molecule has 1 fully saturated rings. The van der Waals surface area contributed by atoms with Gasteiger partial charge in [0.2, 0.25) is 11.8 Å². The molecule has 0 bridgehead atoms. The predicted molar refractivity (Wildman–Crippen MR) is 107 cm³/mol. The third kappa shape index (κ3) is 5.18. The highest BCUT2D eigenvalue weighted by Gasteiger charge is 2.29. The van der Waals surface area contributed by atoms with Crippen molar-refractivity contribution in [3.63, 3.8) is 0 Å². The van der Waals surface area contributed by atoms with Crippen molar-refractivity contribution in [1.29, 1.82) is 0 Å². The molecule has 0 spiro atoms. The van der Waals surface area contributed by atoms with E-state index in [1.165, 1.54) is 12.1 Å². The molecule has 4 nitrogen and oxygen atoms in total. The van der Waals surface area contributed by atoms with Gasteiger partial charge in [-0.05, 0) is 43.0 Å². The van der Waals surface area contributed by atoms with Crippen LogP contribution < -0.4 is 0 Å². The maximum absolute atomic E-state index is 13.0. The van der Waals surface area contributed by atoms with Crippen molar-refractivity contribution in [2.24, 2.45) is 5.92 Å². The Bertz CT molecular complexity index is 784. The molecular weight excluding hydrogens is 355 g/mol. The van der Waals surface area contributed by atoms with E-state index in [-0.39, 0.29) is 30.0 Å². The van der Waals surface area contributed by atoms with E-state index in [1.807, 2.05) is 47.1 Å². The molecule has 2 aromatic rings. The van der Waals surface area contributed by atoms with E-state index in [1.54, 1.807) is 12.1 Å². The third-order valence-corrected chi connectivity index (χ3v) is 5.38. The van der Waals surface area contributed by atoms with E-state index in [4.69, 9.17) is 0 Å². The minimum atomic E-state index is -0.300. The highest BCUT2D eigenvalue weighted by Crippen LogP contribution is 2.21. The zero-order valence-electron chi connectivity index (χ0n) is 16.3. The van der Waals surface area contributed by atoms with Gasteiger partial charge in [0.15, 0.2) is 0 Å². The number of carbonyl (C=O) groups is 2. The summed E-state index contributed by atoms with van der Waals surface area (Å²) in [7, 11) is 0. The molecule has 0 atom stereocenters. The smallest absolute Gasteiger partial charge is 0.226 e. The van der Waals surface area contributed by atoms with Gasteiger partial charge in [-0.25, -0.2) is 4.39 Å².